The fourth-order valence-corrected chi connectivity index (χ4v) is 3.62. The lowest BCUT2D eigenvalue weighted by molar-refractivity contribution is -0.144. The van der Waals surface area contributed by atoms with Crippen LogP contribution in [-0.2, 0) is 14.3 Å². The average Bonchev–Trinajstić information content (AvgIpc) is 2.77. The normalized spacial score (nSPS) is 10.8. The van der Waals surface area contributed by atoms with E-state index in [1.165, 1.54) is 94.8 Å². The zero-order valence-electron chi connectivity index (χ0n) is 20.9. The molecular weight excluding hydrogens is 390 g/mol. The Bertz CT molecular complexity index is 414. The van der Waals surface area contributed by atoms with E-state index < -0.39 is 6.09 Å². The van der Waals surface area contributed by atoms with Crippen LogP contribution in [0.25, 0.3) is 0 Å². The molecular formula is C26H51NO4. The third kappa shape index (κ3) is 20.4. The molecule has 0 bridgehead atoms. The Labute approximate surface area is 192 Å². The molecule has 0 unspecified atom stereocenters. The summed E-state index contributed by atoms with van der Waals surface area (Å²) in [5.41, 5.74) is 0. The quantitative estimate of drug-likeness (QED) is 0.128. The molecule has 0 aliphatic rings. The van der Waals surface area contributed by atoms with Crippen LogP contribution in [0, 0.1) is 0 Å². The van der Waals surface area contributed by atoms with Crippen LogP contribution >= 0.6 is 0 Å². The Balaban J connectivity index is 3.38. The molecule has 0 aliphatic carbocycles. The Morgan fingerprint density at radius 3 is 1.42 bits per heavy atom. The summed E-state index contributed by atoms with van der Waals surface area (Å²) in [7, 11) is 0. The minimum absolute atomic E-state index is 0.0299. The molecule has 184 valence electrons. The van der Waals surface area contributed by atoms with Crippen molar-refractivity contribution >= 4 is 12.1 Å². The second-order valence-corrected chi connectivity index (χ2v) is 8.65. The average molecular weight is 442 g/mol. The highest BCUT2D eigenvalue weighted by Crippen LogP contribution is 2.13. The Hall–Kier alpha value is -1.26. The van der Waals surface area contributed by atoms with Crippen molar-refractivity contribution in [3.63, 3.8) is 0 Å². The van der Waals surface area contributed by atoms with Gasteiger partial charge in [-0.25, -0.2) is 4.79 Å². The Morgan fingerprint density at radius 1 is 0.548 bits per heavy atom. The standard InChI is InChI=1S/C26H51NO4/c1-4-7-8-9-10-11-12-13-14-15-16-17-18-19-20-21-23-30-25(28)24-27(6-3)26(29)31-22-5-2/h4-24H2,1-3H3. The van der Waals surface area contributed by atoms with Gasteiger partial charge in [0.2, 0.25) is 0 Å². The van der Waals surface area contributed by atoms with Crippen LogP contribution in [0.4, 0.5) is 4.79 Å². The first-order valence-corrected chi connectivity index (χ1v) is 13.2. The molecule has 0 aromatic carbocycles. The maximum absolute atomic E-state index is 11.9. The van der Waals surface area contributed by atoms with E-state index in [0.29, 0.717) is 19.8 Å². The molecule has 5 nitrogen and oxygen atoms in total. The molecule has 0 aromatic rings. The summed E-state index contributed by atoms with van der Waals surface area (Å²) in [6, 6.07) is 0. The maximum atomic E-state index is 11.9. The van der Waals surface area contributed by atoms with Crippen LogP contribution in [0.15, 0.2) is 0 Å². The molecule has 0 aromatic heterocycles. The first-order chi connectivity index (χ1) is 15.2. The van der Waals surface area contributed by atoms with Gasteiger partial charge in [-0.1, -0.05) is 110 Å². The van der Waals surface area contributed by atoms with Crippen molar-refractivity contribution < 1.29 is 19.1 Å². The molecule has 31 heavy (non-hydrogen) atoms. The van der Waals surface area contributed by atoms with Gasteiger partial charge in [-0.2, -0.15) is 0 Å². The van der Waals surface area contributed by atoms with Crippen molar-refractivity contribution in [1.29, 1.82) is 0 Å². The molecule has 0 radical (unpaired) electrons. The molecule has 0 heterocycles. The van der Waals surface area contributed by atoms with Gasteiger partial charge in [0.1, 0.15) is 6.54 Å². The Kier molecular flexibility index (Phi) is 22.5. The molecule has 5 heteroatoms. The van der Waals surface area contributed by atoms with E-state index in [0.717, 1.165) is 19.3 Å². The third-order valence-electron chi connectivity index (χ3n) is 5.65. The summed E-state index contributed by atoms with van der Waals surface area (Å²) in [4.78, 5) is 25.1. The van der Waals surface area contributed by atoms with Gasteiger partial charge in [-0.05, 0) is 19.8 Å². The molecule has 0 fully saturated rings. The lowest BCUT2D eigenvalue weighted by Crippen LogP contribution is -2.36. The molecule has 0 N–H and O–H groups in total. The minimum atomic E-state index is -0.441. The van der Waals surface area contributed by atoms with Crippen molar-refractivity contribution in [2.45, 2.75) is 130 Å². The lowest BCUT2D eigenvalue weighted by Gasteiger charge is -2.19. The number of carbonyl (C=O) groups is 2. The highest BCUT2D eigenvalue weighted by atomic mass is 16.6. The number of ether oxygens (including phenoxy) is 2. The van der Waals surface area contributed by atoms with Crippen LogP contribution in [0.5, 0.6) is 0 Å². The van der Waals surface area contributed by atoms with Crippen molar-refractivity contribution in [3.8, 4) is 0 Å². The summed E-state index contributed by atoms with van der Waals surface area (Å²) >= 11 is 0. The van der Waals surface area contributed by atoms with Gasteiger partial charge in [0.05, 0.1) is 13.2 Å². The number of likely N-dealkylation sites (N-methyl/N-ethyl adjacent to an activating group) is 1. The lowest BCUT2D eigenvalue weighted by atomic mass is 10.0. The highest BCUT2D eigenvalue weighted by molar-refractivity contribution is 5.78. The van der Waals surface area contributed by atoms with Crippen molar-refractivity contribution in [1.82, 2.24) is 4.90 Å². The number of amides is 1. The number of rotatable bonds is 22. The smallest absolute Gasteiger partial charge is 0.410 e. The monoisotopic (exact) mass is 441 g/mol. The van der Waals surface area contributed by atoms with Gasteiger partial charge in [0, 0.05) is 6.54 Å². The topological polar surface area (TPSA) is 55.8 Å². The van der Waals surface area contributed by atoms with Gasteiger partial charge < -0.3 is 9.47 Å². The number of nitrogens with zero attached hydrogens (tertiary/aromatic N) is 1. The minimum Gasteiger partial charge on any atom is -0.464 e. The number of carbonyl (C=O) groups excluding carboxylic acids is 2. The molecule has 0 atom stereocenters. The van der Waals surface area contributed by atoms with E-state index in [9.17, 15) is 9.59 Å². The summed E-state index contributed by atoms with van der Waals surface area (Å²) in [6.45, 7) is 7.28. The Morgan fingerprint density at radius 2 is 1.00 bits per heavy atom. The summed E-state index contributed by atoms with van der Waals surface area (Å²) in [6.07, 6.45) is 21.5. The van der Waals surface area contributed by atoms with Crippen LogP contribution < -0.4 is 0 Å². The van der Waals surface area contributed by atoms with E-state index in [1.807, 2.05) is 13.8 Å². The van der Waals surface area contributed by atoms with Crippen LogP contribution in [0.2, 0.25) is 0 Å². The predicted molar refractivity (Wildman–Crippen MR) is 129 cm³/mol. The number of esters is 1. The second-order valence-electron chi connectivity index (χ2n) is 8.65. The first kappa shape index (κ1) is 29.7. The van der Waals surface area contributed by atoms with Crippen molar-refractivity contribution in [2.75, 3.05) is 26.3 Å². The largest absolute Gasteiger partial charge is 0.464 e. The number of unbranched alkanes of at least 4 members (excludes halogenated alkanes) is 15. The van der Waals surface area contributed by atoms with Crippen molar-refractivity contribution in [3.05, 3.63) is 0 Å². The number of hydrogen-bond acceptors (Lipinski definition) is 4. The van der Waals surface area contributed by atoms with Gasteiger partial charge in [0.15, 0.2) is 0 Å². The number of hydrogen-bond donors (Lipinski definition) is 0. The van der Waals surface area contributed by atoms with Gasteiger partial charge >= 0.3 is 12.1 Å². The molecule has 0 saturated heterocycles. The summed E-state index contributed by atoms with van der Waals surface area (Å²) in [5.74, 6) is -0.351. The fraction of sp³-hybridized carbons (Fsp3) is 0.923. The van der Waals surface area contributed by atoms with E-state index in [4.69, 9.17) is 9.47 Å². The molecule has 0 spiro atoms. The zero-order valence-corrected chi connectivity index (χ0v) is 20.9. The maximum Gasteiger partial charge on any atom is 0.410 e. The summed E-state index contributed by atoms with van der Waals surface area (Å²) in [5, 5.41) is 0. The van der Waals surface area contributed by atoms with Gasteiger partial charge in [-0.15, -0.1) is 0 Å². The van der Waals surface area contributed by atoms with Crippen LogP contribution in [-0.4, -0.2) is 43.3 Å². The van der Waals surface area contributed by atoms with E-state index in [-0.39, 0.29) is 12.5 Å². The van der Waals surface area contributed by atoms with E-state index >= 15 is 0 Å². The van der Waals surface area contributed by atoms with E-state index in [1.54, 1.807) is 0 Å². The molecule has 0 saturated carbocycles. The molecule has 1 amide bonds. The first-order valence-electron chi connectivity index (χ1n) is 13.2. The van der Waals surface area contributed by atoms with Gasteiger partial charge in [0.25, 0.3) is 0 Å². The second kappa shape index (κ2) is 23.4. The summed E-state index contributed by atoms with van der Waals surface area (Å²) < 4.78 is 10.3. The molecule has 0 rings (SSSR count). The SMILES string of the molecule is CCCCCCCCCCCCCCCCCCOC(=O)CN(CC)C(=O)OCCC. The zero-order chi connectivity index (χ0) is 23.0. The highest BCUT2D eigenvalue weighted by Gasteiger charge is 2.17. The fourth-order valence-electron chi connectivity index (χ4n) is 3.62. The molecule has 0 aliphatic heterocycles. The van der Waals surface area contributed by atoms with Crippen molar-refractivity contribution in [2.24, 2.45) is 0 Å². The van der Waals surface area contributed by atoms with Crippen LogP contribution in [0.3, 0.4) is 0 Å². The van der Waals surface area contributed by atoms with Gasteiger partial charge in [-0.3, -0.25) is 9.69 Å². The van der Waals surface area contributed by atoms with Crippen LogP contribution in [0.1, 0.15) is 130 Å². The van der Waals surface area contributed by atoms with E-state index in [2.05, 4.69) is 6.92 Å². The predicted octanol–water partition coefficient (Wildman–Crippen LogP) is 7.66. The third-order valence-corrected chi connectivity index (χ3v) is 5.65.